The van der Waals surface area contributed by atoms with Crippen LogP contribution < -0.4 is 25.1 Å². The zero-order valence-electron chi connectivity index (χ0n) is 23.0. The Hall–Kier alpha value is -5.51. The van der Waals surface area contributed by atoms with Crippen LogP contribution in [-0.4, -0.2) is 39.6 Å². The Bertz CT molecular complexity index is 1830. The Labute approximate surface area is 235 Å². The molecule has 0 spiro atoms. The summed E-state index contributed by atoms with van der Waals surface area (Å²) >= 11 is 0. The minimum absolute atomic E-state index is 0.0311. The molecule has 5 aromatic rings. The Kier molecular flexibility index (Phi) is 7.47. The summed E-state index contributed by atoms with van der Waals surface area (Å²) in [6, 6.07) is 17.4. The lowest BCUT2D eigenvalue weighted by Gasteiger charge is -2.16. The molecular weight excluding hydrogens is 522 g/mol. The third-order valence-electron chi connectivity index (χ3n) is 6.46. The minimum atomic E-state index is -0.591. The molecule has 206 valence electrons. The normalized spacial score (nSPS) is 10.7. The van der Waals surface area contributed by atoms with Crippen LogP contribution in [0.2, 0.25) is 0 Å². The molecule has 2 aromatic carbocycles. The van der Waals surface area contributed by atoms with Crippen molar-refractivity contribution in [2.24, 2.45) is 0 Å². The first-order valence-corrected chi connectivity index (χ1v) is 12.6. The predicted molar refractivity (Wildman–Crippen MR) is 156 cm³/mol. The average Bonchev–Trinajstić information content (AvgIpc) is 2.98. The number of amides is 1. The lowest BCUT2D eigenvalue weighted by atomic mass is 10.0. The Morgan fingerprint density at radius 3 is 2.32 bits per heavy atom. The summed E-state index contributed by atoms with van der Waals surface area (Å²) in [5.74, 6) is 1.36. The second-order valence-corrected chi connectivity index (χ2v) is 9.15. The van der Waals surface area contributed by atoms with Crippen molar-refractivity contribution in [3.63, 3.8) is 0 Å². The number of ether oxygens (including phenoxy) is 3. The molecule has 0 aliphatic rings. The molecular formula is C31H27N5O5. The number of para-hydroxylation sites is 1. The third-order valence-corrected chi connectivity index (χ3v) is 6.46. The summed E-state index contributed by atoms with van der Waals surface area (Å²) in [5, 5.41) is 3.32. The van der Waals surface area contributed by atoms with Crippen LogP contribution in [0.1, 0.15) is 28.5 Å². The number of fused-ring (bicyclic) bond motifs is 1. The van der Waals surface area contributed by atoms with Crippen LogP contribution in [0, 0.1) is 6.92 Å². The number of carbonyl (C=O) groups excluding carboxylic acids is 1. The number of methoxy groups -OCH3 is 2. The molecule has 1 N–H and O–H groups in total. The number of carbonyl (C=O) groups is 1. The van der Waals surface area contributed by atoms with E-state index < -0.39 is 11.5 Å². The monoisotopic (exact) mass is 549 g/mol. The smallest absolute Gasteiger partial charge is 0.268 e. The van der Waals surface area contributed by atoms with Gasteiger partial charge in [-0.1, -0.05) is 24.8 Å². The quantitative estimate of drug-likeness (QED) is 0.267. The van der Waals surface area contributed by atoms with E-state index >= 15 is 0 Å². The van der Waals surface area contributed by atoms with Crippen molar-refractivity contribution in [1.29, 1.82) is 0 Å². The highest BCUT2D eigenvalue weighted by Crippen LogP contribution is 2.35. The van der Waals surface area contributed by atoms with Gasteiger partial charge in [0.25, 0.3) is 11.5 Å². The van der Waals surface area contributed by atoms with Gasteiger partial charge in [0.2, 0.25) is 5.88 Å². The van der Waals surface area contributed by atoms with Gasteiger partial charge >= 0.3 is 0 Å². The van der Waals surface area contributed by atoms with Crippen molar-refractivity contribution in [3.8, 4) is 28.8 Å². The third kappa shape index (κ3) is 5.35. The number of allylic oxidation sites excluding steroid dienone is 1. The van der Waals surface area contributed by atoms with Gasteiger partial charge in [-0.2, -0.15) is 0 Å². The number of anilines is 1. The molecule has 0 bridgehead atoms. The van der Waals surface area contributed by atoms with Gasteiger partial charge in [0, 0.05) is 17.4 Å². The fraction of sp³-hybridized carbons (Fsp3) is 0.129. The SMILES string of the molecule is C=C(C)c1cc(C(=O)Nc2ccc(Oc3ncnc4cc(OC)c(OC)cc34)cn2)c(=O)n(-c2ccccc2)c1C. The number of hydrogen-bond donors (Lipinski definition) is 1. The van der Waals surface area contributed by atoms with Crippen molar-refractivity contribution in [1.82, 2.24) is 19.5 Å². The largest absolute Gasteiger partial charge is 0.493 e. The molecule has 0 fully saturated rings. The molecule has 1 amide bonds. The molecule has 3 heterocycles. The molecule has 0 saturated heterocycles. The van der Waals surface area contributed by atoms with Gasteiger partial charge < -0.3 is 19.5 Å². The zero-order valence-corrected chi connectivity index (χ0v) is 23.0. The maximum atomic E-state index is 13.5. The van der Waals surface area contributed by atoms with E-state index in [0.29, 0.717) is 51.0 Å². The van der Waals surface area contributed by atoms with E-state index in [1.54, 1.807) is 37.4 Å². The zero-order chi connectivity index (χ0) is 29.1. The summed E-state index contributed by atoms with van der Waals surface area (Å²) < 4.78 is 18.2. The number of hydrogen-bond acceptors (Lipinski definition) is 8. The fourth-order valence-corrected chi connectivity index (χ4v) is 4.44. The van der Waals surface area contributed by atoms with E-state index in [1.165, 1.54) is 24.2 Å². The molecule has 0 radical (unpaired) electrons. The topological polar surface area (TPSA) is 117 Å². The fourth-order valence-electron chi connectivity index (χ4n) is 4.44. The molecule has 41 heavy (non-hydrogen) atoms. The summed E-state index contributed by atoms with van der Waals surface area (Å²) in [7, 11) is 3.09. The Balaban J connectivity index is 1.41. The summed E-state index contributed by atoms with van der Waals surface area (Å²) in [4.78, 5) is 39.5. The van der Waals surface area contributed by atoms with Gasteiger partial charge in [-0.25, -0.2) is 15.0 Å². The van der Waals surface area contributed by atoms with Crippen molar-refractivity contribution in [2.45, 2.75) is 13.8 Å². The van der Waals surface area contributed by atoms with E-state index in [4.69, 9.17) is 14.2 Å². The van der Waals surface area contributed by atoms with E-state index in [9.17, 15) is 9.59 Å². The maximum Gasteiger partial charge on any atom is 0.268 e. The molecule has 0 atom stereocenters. The van der Waals surface area contributed by atoms with Crippen LogP contribution in [-0.2, 0) is 0 Å². The molecule has 0 aliphatic carbocycles. The molecule has 0 aliphatic heterocycles. The lowest BCUT2D eigenvalue weighted by molar-refractivity contribution is 0.102. The number of benzene rings is 2. The van der Waals surface area contributed by atoms with Crippen molar-refractivity contribution >= 4 is 28.2 Å². The highest BCUT2D eigenvalue weighted by Gasteiger charge is 2.20. The van der Waals surface area contributed by atoms with Gasteiger partial charge in [-0.3, -0.25) is 14.2 Å². The molecule has 0 unspecified atom stereocenters. The van der Waals surface area contributed by atoms with E-state index in [-0.39, 0.29) is 11.4 Å². The van der Waals surface area contributed by atoms with Crippen LogP contribution in [0.5, 0.6) is 23.1 Å². The minimum Gasteiger partial charge on any atom is -0.493 e. The molecule has 10 heteroatoms. The van der Waals surface area contributed by atoms with Gasteiger partial charge in [-0.05, 0) is 61.4 Å². The van der Waals surface area contributed by atoms with Crippen LogP contribution >= 0.6 is 0 Å². The summed E-state index contributed by atoms with van der Waals surface area (Å²) in [6.07, 6.45) is 2.83. The first-order chi connectivity index (χ1) is 19.8. The second-order valence-electron chi connectivity index (χ2n) is 9.15. The molecule has 0 saturated carbocycles. The van der Waals surface area contributed by atoms with Crippen LogP contribution in [0.4, 0.5) is 5.82 Å². The summed E-state index contributed by atoms with van der Waals surface area (Å²) in [5.41, 5.74) is 2.92. The van der Waals surface area contributed by atoms with Gasteiger partial charge in [-0.15, -0.1) is 0 Å². The van der Waals surface area contributed by atoms with E-state index in [0.717, 1.165) is 5.57 Å². The van der Waals surface area contributed by atoms with Gasteiger partial charge in [0.15, 0.2) is 11.5 Å². The number of rotatable bonds is 8. The van der Waals surface area contributed by atoms with Crippen LogP contribution in [0.15, 0.2) is 84.6 Å². The number of pyridine rings is 2. The average molecular weight is 550 g/mol. The Morgan fingerprint density at radius 1 is 0.927 bits per heavy atom. The first-order valence-electron chi connectivity index (χ1n) is 12.6. The first kappa shape index (κ1) is 27.1. The Morgan fingerprint density at radius 2 is 1.66 bits per heavy atom. The molecule has 5 rings (SSSR count). The second kappa shape index (κ2) is 11.3. The van der Waals surface area contributed by atoms with Crippen molar-refractivity contribution in [2.75, 3.05) is 19.5 Å². The van der Waals surface area contributed by atoms with Gasteiger partial charge in [0.05, 0.1) is 31.3 Å². The van der Waals surface area contributed by atoms with Crippen LogP contribution in [0.3, 0.4) is 0 Å². The van der Waals surface area contributed by atoms with E-state index in [2.05, 4.69) is 26.8 Å². The number of aromatic nitrogens is 4. The lowest BCUT2D eigenvalue weighted by Crippen LogP contribution is -2.30. The molecule has 10 nitrogen and oxygen atoms in total. The van der Waals surface area contributed by atoms with E-state index in [1.807, 2.05) is 44.2 Å². The van der Waals surface area contributed by atoms with Crippen molar-refractivity contribution < 1.29 is 19.0 Å². The highest BCUT2D eigenvalue weighted by atomic mass is 16.5. The van der Waals surface area contributed by atoms with Crippen LogP contribution in [0.25, 0.3) is 22.2 Å². The van der Waals surface area contributed by atoms with Crippen molar-refractivity contribution in [3.05, 3.63) is 107 Å². The predicted octanol–water partition coefficient (Wildman–Crippen LogP) is 5.58. The highest BCUT2D eigenvalue weighted by molar-refractivity contribution is 6.04. The standard InChI is InChI=1S/C31H27N5O5/c1-18(2)22-13-24(31(38)36(19(22)3)20-9-7-6-8-10-20)29(37)35-28-12-11-21(16-32-28)41-30-23-14-26(39-4)27(40-5)15-25(23)33-17-34-30/h6-17H,1H2,2-5H3,(H,32,35,37). The number of nitrogens with one attached hydrogen (secondary N) is 1. The molecule has 3 aromatic heterocycles. The maximum absolute atomic E-state index is 13.5. The summed E-state index contributed by atoms with van der Waals surface area (Å²) in [6.45, 7) is 7.68. The number of nitrogens with zero attached hydrogens (tertiary/aromatic N) is 4. The van der Waals surface area contributed by atoms with Gasteiger partial charge in [0.1, 0.15) is 23.5 Å².